The van der Waals surface area contributed by atoms with Crippen molar-refractivity contribution in [2.75, 3.05) is 13.2 Å². The summed E-state index contributed by atoms with van der Waals surface area (Å²) in [5.41, 5.74) is 0. The van der Waals surface area contributed by atoms with Gasteiger partial charge in [0.05, 0.1) is 0 Å². The van der Waals surface area contributed by atoms with Gasteiger partial charge in [-0.05, 0) is 44.9 Å². The second-order valence-corrected chi connectivity index (χ2v) is 25.2. The van der Waals surface area contributed by atoms with E-state index in [9.17, 15) is 14.4 Å². The zero-order valence-electron chi connectivity index (χ0n) is 54.6. The van der Waals surface area contributed by atoms with Crippen LogP contribution in [0, 0.1) is 0 Å². The number of ether oxygens (including phenoxy) is 3. The summed E-state index contributed by atoms with van der Waals surface area (Å²) in [5.74, 6) is -0.832. The number of carbonyl (C=O) groups excluding carboxylic acids is 3. The summed E-state index contributed by atoms with van der Waals surface area (Å²) in [6.45, 7) is 6.72. The van der Waals surface area contributed by atoms with Crippen molar-refractivity contribution in [1.82, 2.24) is 0 Å². The van der Waals surface area contributed by atoms with Gasteiger partial charge in [0.1, 0.15) is 13.2 Å². The molecule has 80 heavy (non-hydrogen) atoms. The topological polar surface area (TPSA) is 78.9 Å². The lowest BCUT2D eigenvalue weighted by molar-refractivity contribution is -0.167. The second kappa shape index (κ2) is 69.6. The highest BCUT2D eigenvalue weighted by atomic mass is 16.6. The number of rotatable bonds is 69. The molecule has 0 N–H and O–H groups in total. The number of esters is 3. The Morgan fingerprint density at radius 1 is 0.237 bits per heavy atom. The van der Waals surface area contributed by atoms with E-state index in [0.717, 1.165) is 57.8 Å². The van der Waals surface area contributed by atoms with Gasteiger partial charge in [-0.2, -0.15) is 0 Å². The molecule has 0 aliphatic carbocycles. The van der Waals surface area contributed by atoms with E-state index in [1.165, 1.54) is 327 Å². The first-order chi connectivity index (χ1) is 39.5. The number of allylic oxidation sites excluding steroid dienone is 2. The SMILES string of the molecule is CCCCCCCCCC/C=C\CCCCCCCCCCCCCC(=O)OC(COC(=O)CCCCCCCCCCCC)COC(=O)CCCCCCCCCCCCCCCCCCCCCCCCCCCCCCC. The Morgan fingerprint density at radius 2 is 0.412 bits per heavy atom. The quantitative estimate of drug-likeness (QED) is 0.0261. The fourth-order valence-electron chi connectivity index (χ4n) is 11.5. The fraction of sp³-hybridized carbons (Fsp3) is 0.932. The first-order valence-corrected chi connectivity index (χ1v) is 36.7. The predicted octanol–water partition coefficient (Wildman–Crippen LogP) is 25.2. The monoisotopic (exact) mass is 1130 g/mol. The van der Waals surface area contributed by atoms with E-state index in [-0.39, 0.29) is 31.1 Å². The highest BCUT2D eigenvalue weighted by molar-refractivity contribution is 5.71. The van der Waals surface area contributed by atoms with E-state index >= 15 is 0 Å². The largest absolute Gasteiger partial charge is 0.462 e. The zero-order valence-corrected chi connectivity index (χ0v) is 54.6. The molecule has 0 rings (SSSR count). The van der Waals surface area contributed by atoms with E-state index in [1.807, 2.05) is 0 Å². The smallest absolute Gasteiger partial charge is 0.306 e. The molecule has 0 aromatic carbocycles. The van der Waals surface area contributed by atoms with Gasteiger partial charge in [-0.1, -0.05) is 373 Å². The van der Waals surface area contributed by atoms with Crippen LogP contribution >= 0.6 is 0 Å². The first kappa shape index (κ1) is 78.1. The number of carbonyl (C=O) groups is 3. The fourth-order valence-corrected chi connectivity index (χ4v) is 11.5. The maximum Gasteiger partial charge on any atom is 0.306 e. The van der Waals surface area contributed by atoms with Crippen molar-refractivity contribution in [3.63, 3.8) is 0 Å². The highest BCUT2D eigenvalue weighted by Gasteiger charge is 2.20. The molecule has 474 valence electrons. The molecule has 1 unspecified atom stereocenters. The molecule has 6 nitrogen and oxygen atoms in total. The molecule has 0 aromatic heterocycles. The van der Waals surface area contributed by atoms with E-state index in [1.54, 1.807) is 0 Å². The maximum atomic E-state index is 12.9. The van der Waals surface area contributed by atoms with Crippen LogP contribution in [0.15, 0.2) is 12.2 Å². The average Bonchev–Trinajstić information content (AvgIpc) is 3.46. The van der Waals surface area contributed by atoms with E-state index in [0.29, 0.717) is 19.3 Å². The zero-order chi connectivity index (χ0) is 57.8. The van der Waals surface area contributed by atoms with Crippen LogP contribution in [0.4, 0.5) is 0 Å². The van der Waals surface area contributed by atoms with Crippen molar-refractivity contribution in [2.24, 2.45) is 0 Å². The number of hydrogen-bond donors (Lipinski definition) is 0. The van der Waals surface area contributed by atoms with Crippen molar-refractivity contribution in [2.45, 2.75) is 431 Å². The lowest BCUT2D eigenvalue weighted by atomic mass is 10.0. The molecule has 0 saturated carbocycles. The second-order valence-electron chi connectivity index (χ2n) is 25.2. The van der Waals surface area contributed by atoms with Crippen LogP contribution in [-0.2, 0) is 28.6 Å². The first-order valence-electron chi connectivity index (χ1n) is 36.7. The summed E-state index contributed by atoms with van der Waals surface area (Å²) < 4.78 is 17.0. The molecular formula is C74H142O6. The van der Waals surface area contributed by atoms with Crippen LogP contribution in [0.1, 0.15) is 425 Å². The van der Waals surface area contributed by atoms with Gasteiger partial charge in [-0.25, -0.2) is 0 Å². The third-order valence-corrected chi connectivity index (χ3v) is 17.0. The summed E-state index contributed by atoms with van der Waals surface area (Å²) in [5, 5.41) is 0. The van der Waals surface area contributed by atoms with Crippen LogP contribution in [-0.4, -0.2) is 37.2 Å². The van der Waals surface area contributed by atoms with Gasteiger partial charge in [-0.3, -0.25) is 14.4 Å². The van der Waals surface area contributed by atoms with Crippen LogP contribution in [0.25, 0.3) is 0 Å². The van der Waals surface area contributed by atoms with Crippen molar-refractivity contribution in [1.29, 1.82) is 0 Å². The average molecular weight is 1130 g/mol. The Balaban J connectivity index is 4.09. The van der Waals surface area contributed by atoms with E-state index in [2.05, 4.69) is 32.9 Å². The van der Waals surface area contributed by atoms with Gasteiger partial charge in [-0.15, -0.1) is 0 Å². The normalized spacial score (nSPS) is 12.0. The number of unbranched alkanes of at least 4 members (excludes halogenated alkanes) is 56. The molecular weight excluding hydrogens is 985 g/mol. The number of hydrogen-bond acceptors (Lipinski definition) is 6. The molecule has 0 spiro atoms. The van der Waals surface area contributed by atoms with Crippen LogP contribution in [0.5, 0.6) is 0 Å². The van der Waals surface area contributed by atoms with Crippen LogP contribution in [0.3, 0.4) is 0 Å². The molecule has 0 aromatic rings. The van der Waals surface area contributed by atoms with Gasteiger partial charge < -0.3 is 14.2 Å². The molecule has 0 heterocycles. The van der Waals surface area contributed by atoms with Gasteiger partial charge in [0.2, 0.25) is 0 Å². The highest BCUT2D eigenvalue weighted by Crippen LogP contribution is 2.19. The van der Waals surface area contributed by atoms with Crippen LogP contribution in [0.2, 0.25) is 0 Å². The summed E-state index contributed by atoms with van der Waals surface area (Å²) >= 11 is 0. The third-order valence-electron chi connectivity index (χ3n) is 17.0. The Hall–Kier alpha value is -1.85. The third kappa shape index (κ3) is 66.9. The molecule has 6 heteroatoms. The standard InChI is InChI=1S/C74H142O6/c1-4-7-10-13-16-19-22-24-26-28-30-32-34-35-36-37-38-39-41-42-44-46-48-50-52-55-58-61-64-67-73(76)79-70-71(69-78-72(75)66-63-60-57-54-21-18-15-12-9-6-3)80-74(77)68-65-62-59-56-53-51-49-47-45-43-40-33-31-29-27-25-23-20-17-14-11-8-5-2/h29,31,71H,4-28,30,32-70H2,1-3H3/b31-29-. The van der Waals surface area contributed by atoms with E-state index in [4.69, 9.17) is 14.2 Å². The predicted molar refractivity (Wildman–Crippen MR) is 349 cm³/mol. The minimum absolute atomic E-state index is 0.0634. The minimum Gasteiger partial charge on any atom is -0.462 e. The molecule has 0 bridgehead atoms. The van der Waals surface area contributed by atoms with E-state index < -0.39 is 6.10 Å². The Labute approximate surface area is 501 Å². The van der Waals surface area contributed by atoms with Crippen molar-refractivity contribution < 1.29 is 28.6 Å². The summed E-state index contributed by atoms with van der Waals surface area (Å²) in [6.07, 6.45) is 84.1. The van der Waals surface area contributed by atoms with Gasteiger partial charge >= 0.3 is 17.9 Å². The molecule has 0 aliphatic heterocycles. The minimum atomic E-state index is -0.766. The molecule has 0 amide bonds. The Bertz CT molecular complexity index is 1250. The molecule has 0 aliphatic rings. The summed E-state index contributed by atoms with van der Waals surface area (Å²) in [4.78, 5) is 38.3. The maximum absolute atomic E-state index is 12.9. The van der Waals surface area contributed by atoms with Crippen molar-refractivity contribution >= 4 is 17.9 Å². The Kier molecular flexibility index (Phi) is 68.0. The van der Waals surface area contributed by atoms with Gasteiger partial charge in [0.25, 0.3) is 0 Å². The molecule has 0 fully saturated rings. The lowest BCUT2D eigenvalue weighted by Crippen LogP contribution is -2.30. The van der Waals surface area contributed by atoms with Gasteiger partial charge in [0.15, 0.2) is 6.10 Å². The summed E-state index contributed by atoms with van der Waals surface area (Å²) in [6, 6.07) is 0. The van der Waals surface area contributed by atoms with Crippen molar-refractivity contribution in [3.05, 3.63) is 12.2 Å². The molecule has 1 atom stereocenters. The van der Waals surface area contributed by atoms with Crippen LogP contribution < -0.4 is 0 Å². The van der Waals surface area contributed by atoms with Crippen molar-refractivity contribution in [3.8, 4) is 0 Å². The van der Waals surface area contributed by atoms with Gasteiger partial charge in [0, 0.05) is 19.3 Å². The molecule has 0 radical (unpaired) electrons. The summed E-state index contributed by atoms with van der Waals surface area (Å²) in [7, 11) is 0. The Morgan fingerprint density at radius 3 is 0.625 bits per heavy atom. The molecule has 0 saturated heterocycles. The lowest BCUT2D eigenvalue weighted by Gasteiger charge is -2.18.